The molecule has 0 fully saturated rings. The number of hydrogen-bond acceptors (Lipinski definition) is 4. The Bertz CT molecular complexity index is 554. The third-order valence-corrected chi connectivity index (χ3v) is 2.88. The van der Waals surface area contributed by atoms with Gasteiger partial charge >= 0.3 is 0 Å². The van der Waals surface area contributed by atoms with Crippen molar-refractivity contribution in [2.24, 2.45) is 0 Å². The molecule has 3 amide bonds. The highest BCUT2D eigenvalue weighted by molar-refractivity contribution is 6.03. The smallest absolute Gasteiger partial charge is 0.254 e. The van der Waals surface area contributed by atoms with Crippen LogP contribution in [0.2, 0.25) is 0 Å². The Balaban J connectivity index is 2.85. The van der Waals surface area contributed by atoms with Crippen LogP contribution in [0.4, 0.5) is 0 Å². The average Bonchev–Trinajstić information content (AvgIpc) is 2.45. The molecular formula is C14H16N2O4. The fourth-order valence-electron chi connectivity index (χ4n) is 1.56. The minimum atomic E-state index is -0.489. The van der Waals surface area contributed by atoms with Crippen LogP contribution >= 0.6 is 0 Å². The normalized spacial score (nSPS) is 9.75. The third kappa shape index (κ3) is 3.50. The van der Waals surface area contributed by atoms with E-state index in [1.165, 1.54) is 38.1 Å². The molecule has 6 heteroatoms. The number of carbonyl (C=O) groups is 4. The fraction of sp³-hybridized carbons (Fsp3) is 0.286. The molecule has 0 radical (unpaired) electrons. The lowest BCUT2D eigenvalue weighted by Crippen LogP contribution is -2.41. The zero-order valence-corrected chi connectivity index (χ0v) is 11.6. The van der Waals surface area contributed by atoms with Gasteiger partial charge in [0.2, 0.25) is 11.8 Å². The van der Waals surface area contributed by atoms with Crippen molar-refractivity contribution in [3.05, 3.63) is 35.4 Å². The number of benzene rings is 1. The Morgan fingerprint density at radius 3 is 2.30 bits per heavy atom. The van der Waals surface area contributed by atoms with E-state index in [1.54, 1.807) is 12.1 Å². The minimum absolute atomic E-state index is 0.225. The first kappa shape index (κ1) is 15.6. The molecule has 0 unspecified atom stereocenters. The summed E-state index contributed by atoms with van der Waals surface area (Å²) in [5.74, 6) is -1.33. The molecule has 1 aromatic rings. The molecule has 0 saturated carbocycles. The van der Waals surface area contributed by atoms with Gasteiger partial charge in [-0.1, -0.05) is 18.2 Å². The van der Waals surface area contributed by atoms with Crippen molar-refractivity contribution in [2.45, 2.75) is 6.92 Å². The van der Waals surface area contributed by atoms with Crippen molar-refractivity contribution in [2.75, 3.05) is 20.6 Å². The zero-order valence-electron chi connectivity index (χ0n) is 11.6. The number of hydrogen-bond donors (Lipinski definition) is 0. The summed E-state index contributed by atoms with van der Waals surface area (Å²) >= 11 is 0. The summed E-state index contributed by atoms with van der Waals surface area (Å²) in [5.41, 5.74) is 0.486. The third-order valence-electron chi connectivity index (χ3n) is 2.88. The summed E-state index contributed by atoms with van der Waals surface area (Å²) in [4.78, 5) is 47.9. The van der Waals surface area contributed by atoms with Crippen molar-refractivity contribution in [3.8, 4) is 0 Å². The highest BCUT2D eigenvalue weighted by Crippen LogP contribution is 2.09. The van der Waals surface area contributed by atoms with Gasteiger partial charge in [-0.3, -0.25) is 24.1 Å². The van der Waals surface area contributed by atoms with Gasteiger partial charge in [0.1, 0.15) is 6.54 Å². The molecule has 0 bridgehead atoms. The molecule has 0 saturated heterocycles. The van der Waals surface area contributed by atoms with E-state index in [2.05, 4.69) is 0 Å². The van der Waals surface area contributed by atoms with Crippen LogP contribution < -0.4 is 0 Å². The summed E-state index contributed by atoms with van der Waals surface area (Å²) in [6.07, 6.45) is 0.588. The summed E-state index contributed by atoms with van der Waals surface area (Å²) in [7, 11) is 2.79. The van der Waals surface area contributed by atoms with Gasteiger partial charge in [-0.25, -0.2) is 0 Å². The second-order valence-corrected chi connectivity index (χ2v) is 4.34. The summed E-state index contributed by atoms with van der Waals surface area (Å²) in [6, 6.07) is 6.33. The summed E-state index contributed by atoms with van der Waals surface area (Å²) < 4.78 is 0. The molecule has 1 aromatic carbocycles. The van der Waals surface area contributed by atoms with Gasteiger partial charge in [0.25, 0.3) is 5.91 Å². The van der Waals surface area contributed by atoms with E-state index in [4.69, 9.17) is 0 Å². The van der Waals surface area contributed by atoms with Crippen LogP contribution in [0, 0.1) is 0 Å². The van der Waals surface area contributed by atoms with Crippen LogP contribution in [0.3, 0.4) is 0 Å². The van der Waals surface area contributed by atoms with Crippen LogP contribution in [0.1, 0.15) is 27.6 Å². The number of nitrogens with zero attached hydrogens (tertiary/aromatic N) is 2. The van der Waals surface area contributed by atoms with E-state index < -0.39 is 17.7 Å². The summed E-state index contributed by atoms with van der Waals surface area (Å²) in [5, 5.41) is 0. The molecule has 0 N–H and O–H groups in total. The van der Waals surface area contributed by atoms with Crippen LogP contribution in [0.5, 0.6) is 0 Å². The van der Waals surface area contributed by atoms with Gasteiger partial charge in [0.05, 0.1) is 5.56 Å². The summed E-state index contributed by atoms with van der Waals surface area (Å²) in [6.45, 7) is 1.03. The number of amides is 3. The first-order valence-corrected chi connectivity index (χ1v) is 5.95. The molecule has 0 aromatic heterocycles. The average molecular weight is 276 g/mol. The van der Waals surface area contributed by atoms with Crippen molar-refractivity contribution in [1.82, 2.24) is 9.80 Å². The van der Waals surface area contributed by atoms with E-state index in [1.807, 2.05) is 0 Å². The standard InChI is InChI=1S/C14H16N2O4/c1-10(18)16(3)13(19)8-15(2)14(20)12-7-5-4-6-11(12)9-17/h4-7,9H,8H2,1-3H3. The fourth-order valence-corrected chi connectivity index (χ4v) is 1.56. The monoisotopic (exact) mass is 276 g/mol. The zero-order chi connectivity index (χ0) is 15.3. The Morgan fingerprint density at radius 1 is 1.15 bits per heavy atom. The molecule has 20 heavy (non-hydrogen) atoms. The van der Waals surface area contributed by atoms with Crippen molar-refractivity contribution < 1.29 is 19.2 Å². The maximum Gasteiger partial charge on any atom is 0.254 e. The molecule has 106 valence electrons. The number of rotatable bonds is 4. The Hall–Kier alpha value is -2.50. The molecule has 6 nitrogen and oxygen atoms in total. The van der Waals surface area contributed by atoms with E-state index >= 15 is 0 Å². The predicted molar refractivity (Wildman–Crippen MR) is 72.2 cm³/mol. The molecule has 0 aliphatic rings. The molecule has 0 spiro atoms. The highest BCUT2D eigenvalue weighted by Gasteiger charge is 2.20. The second-order valence-electron chi connectivity index (χ2n) is 4.34. The van der Waals surface area contributed by atoms with Crippen LogP contribution in [-0.4, -0.2) is 54.4 Å². The number of imide groups is 1. The van der Waals surface area contributed by atoms with Crippen LogP contribution in [0.25, 0.3) is 0 Å². The van der Waals surface area contributed by atoms with Crippen LogP contribution in [-0.2, 0) is 9.59 Å². The van der Waals surface area contributed by atoms with Crippen molar-refractivity contribution in [3.63, 3.8) is 0 Å². The van der Waals surface area contributed by atoms with Gasteiger partial charge in [-0.2, -0.15) is 0 Å². The lowest BCUT2D eigenvalue weighted by Gasteiger charge is -2.20. The maximum absolute atomic E-state index is 12.2. The van der Waals surface area contributed by atoms with Crippen molar-refractivity contribution in [1.29, 1.82) is 0 Å². The predicted octanol–water partition coefficient (Wildman–Crippen LogP) is 0.576. The number of aldehydes is 1. The largest absolute Gasteiger partial charge is 0.332 e. The Labute approximate surface area is 117 Å². The van der Waals surface area contributed by atoms with Gasteiger partial charge in [0, 0.05) is 26.6 Å². The van der Waals surface area contributed by atoms with E-state index in [0.29, 0.717) is 6.29 Å². The SMILES string of the molecule is CC(=O)N(C)C(=O)CN(C)C(=O)c1ccccc1C=O. The molecule has 0 heterocycles. The molecular weight excluding hydrogens is 260 g/mol. The highest BCUT2D eigenvalue weighted by atomic mass is 16.2. The quantitative estimate of drug-likeness (QED) is 0.754. The Kier molecular flexibility index (Phi) is 5.14. The molecule has 0 aliphatic carbocycles. The molecule has 0 atom stereocenters. The second kappa shape index (κ2) is 6.60. The van der Waals surface area contributed by atoms with Gasteiger partial charge in [0.15, 0.2) is 6.29 Å². The van der Waals surface area contributed by atoms with E-state index in [-0.39, 0.29) is 17.7 Å². The van der Waals surface area contributed by atoms with E-state index in [0.717, 1.165) is 4.90 Å². The topological polar surface area (TPSA) is 74.8 Å². The van der Waals surface area contributed by atoms with Gasteiger partial charge in [-0.05, 0) is 6.07 Å². The first-order chi connectivity index (χ1) is 9.38. The molecule has 1 rings (SSSR count). The number of carbonyl (C=O) groups excluding carboxylic acids is 4. The van der Waals surface area contributed by atoms with Gasteiger partial charge < -0.3 is 4.90 Å². The first-order valence-electron chi connectivity index (χ1n) is 5.95. The van der Waals surface area contributed by atoms with Crippen LogP contribution in [0.15, 0.2) is 24.3 Å². The Morgan fingerprint density at radius 2 is 1.75 bits per heavy atom. The molecule has 0 aliphatic heterocycles. The van der Waals surface area contributed by atoms with Crippen molar-refractivity contribution >= 4 is 24.0 Å². The number of likely N-dealkylation sites (N-methyl/N-ethyl adjacent to an activating group) is 2. The van der Waals surface area contributed by atoms with Gasteiger partial charge in [-0.15, -0.1) is 0 Å². The lowest BCUT2D eigenvalue weighted by molar-refractivity contribution is -0.142. The maximum atomic E-state index is 12.2. The van der Waals surface area contributed by atoms with E-state index in [9.17, 15) is 19.2 Å². The lowest BCUT2D eigenvalue weighted by atomic mass is 10.1. The minimum Gasteiger partial charge on any atom is -0.332 e.